The van der Waals surface area contributed by atoms with Crippen molar-refractivity contribution < 1.29 is 33.4 Å². The molecule has 0 bridgehead atoms. The molecule has 3 heterocycles. The molecule has 2 aliphatic rings. The summed E-state index contributed by atoms with van der Waals surface area (Å²) in [6.45, 7) is 5.88. The molecule has 9 heteroatoms. The molecule has 8 nitrogen and oxygen atoms in total. The number of aromatic nitrogens is 1. The highest BCUT2D eigenvalue weighted by molar-refractivity contribution is 7.85. The smallest absolute Gasteiger partial charge is 0.220 e. The second-order valence-corrected chi connectivity index (χ2v) is 10.8. The van der Waals surface area contributed by atoms with E-state index >= 15 is 0 Å². The van der Waals surface area contributed by atoms with Crippen LogP contribution in [0.15, 0.2) is 56.5 Å². The maximum absolute atomic E-state index is 12.6. The van der Waals surface area contributed by atoms with Crippen molar-refractivity contribution in [3.63, 3.8) is 0 Å². The van der Waals surface area contributed by atoms with Crippen molar-refractivity contribution in [3.05, 3.63) is 48.0 Å². The first-order chi connectivity index (χ1) is 16.2. The first-order valence-corrected chi connectivity index (χ1v) is 12.8. The molecule has 0 radical (unpaired) electrons. The SMILES string of the molecule is C/C(=C\c1ncc(S(=O)c2ccccc2)o1)C[C@@H]1OC[C@H](C[C@@H]2O[C@H]2[C@@H](C)[C@H](C)O)[C@@H](O)[C@H]1O. The van der Waals surface area contributed by atoms with Gasteiger partial charge in [-0.25, -0.2) is 9.19 Å². The maximum atomic E-state index is 12.6. The Labute approximate surface area is 202 Å². The molecule has 0 spiro atoms. The molecule has 0 aliphatic carbocycles. The topological polar surface area (TPSA) is 126 Å². The molecule has 1 aromatic heterocycles. The first kappa shape index (κ1) is 25.2. The molecule has 186 valence electrons. The van der Waals surface area contributed by atoms with E-state index < -0.39 is 35.2 Å². The molecule has 2 saturated heterocycles. The maximum Gasteiger partial charge on any atom is 0.220 e. The zero-order valence-electron chi connectivity index (χ0n) is 19.6. The Balaban J connectivity index is 1.31. The van der Waals surface area contributed by atoms with Crippen molar-refractivity contribution in [1.29, 1.82) is 0 Å². The van der Waals surface area contributed by atoms with Crippen LogP contribution < -0.4 is 0 Å². The highest BCUT2D eigenvalue weighted by atomic mass is 32.2. The van der Waals surface area contributed by atoms with Gasteiger partial charge in [0.1, 0.15) is 16.9 Å². The summed E-state index contributed by atoms with van der Waals surface area (Å²) in [4.78, 5) is 4.83. The van der Waals surface area contributed by atoms with Crippen LogP contribution in [-0.2, 0) is 20.3 Å². The molecule has 34 heavy (non-hydrogen) atoms. The third-order valence-corrected chi connectivity index (χ3v) is 7.96. The van der Waals surface area contributed by atoms with Gasteiger partial charge in [0.05, 0.1) is 43.3 Å². The summed E-state index contributed by atoms with van der Waals surface area (Å²) in [6.07, 6.45) is 1.15. The van der Waals surface area contributed by atoms with Gasteiger partial charge in [0, 0.05) is 16.7 Å². The van der Waals surface area contributed by atoms with Crippen molar-refractivity contribution in [2.75, 3.05) is 6.61 Å². The van der Waals surface area contributed by atoms with Gasteiger partial charge in [-0.05, 0) is 44.9 Å². The van der Waals surface area contributed by atoms with E-state index in [1.54, 1.807) is 25.1 Å². The Morgan fingerprint density at radius 2 is 1.94 bits per heavy atom. The van der Waals surface area contributed by atoms with E-state index in [1.807, 2.05) is 32.0 Å². The fraction of sp³-hybridized carbons (Fsp3) is 0.560. The molecule has 4 rings (SSSR count). The molecule has 2 aromatic rings. The van der Waals surface area contributed by atoms with Crippen molar-refractivity contribution >= 4 is 16.9 Å². The Morgan fingerprint density at radius 3 is 2.65 bits per heavy atom. The summed E-state index contributed by atoms with van der Waals surface area (Å²) < 4.78 is 29.8. The Kier molecular flexibility index (Phi) is 8.01. The third kappa shape index (κ3) is 5.84. The highest BCUT2D eigenvalue weighted by Gasteiger charge is 2.48. The zero-order valence-corrected chi connectivity index (χ0v) is 20.4. The van der Waals surface area contributed by atoms with E-state index in [1.165, 1.54) is 6.20 Å². The zero-order chi connectivity index (χ0) is 24.4. The summed E-state index contributed by atoms with van der Waals surface area (Å²) in [6, 6.07) is 9.02. The van der Waals surface area contributed by atoms with Gasteiger partial charge >= 0.3 is 0 Å². The van der Waals surface area contributed by atoms with Gasteiger partial charge in [-0.1, -0.05) is 30.7 Å². The lowest BCUT2D eigenvalue weighted by molar-refractivity contribution is -0.165. The largest absolute Gasteiger partial charge is 0.428 e. The van der Waals surface area contributed by atoms with E-state index in [2.05, 4.69) is 4.98 Å². The minimum absolute atomic E-state index is 0.0193. The van der Waals surface area contributed by atoms with Crippen LogP contribution in [0.4, 0.5) is 0 Å². The summed E-state index contributed by atoms with van der Waals surface area (Å²) in [7, 11) is -1.45. The number of hydrogen-bond donors (Lipinski definition) is 3. The van der Waals surface area contributed by atoms with Crippen LogP contribution in [0.3, 0.4) is 0 Å². The Bertz CT molecular complexity index is 1010. The van der Waals surface area contributed by atoms with Crippen molar-refractivity contribution in [2.24, 2.45) is 11.8 Å². The standard InChI is InChI=1S/C25H33NO7S/c1-14(10-21-26-12-22(33-21)34(30)18-7-5-4-6-8-18)9-19-24(29)23(28)17(13-31-19)11-20-25(32-20)15(2)16(3)27/h4-8,10,12,15-17,19-20,23-25,27-29H,9,11,13H2,1-3H3/b14-10+/t15-,16-,17-,19-,20-,23+,24-,25-,34?/m0/s1. The van der Waals surface area contributed by atoms with Crippen LogP contribution in [0.2, 0.25) is 0 Å². The van der Waals surface area contributed by atoms with Crippen LogP contribution in [-0.4, -0.2) is 67.7 Å². The van der Waals surface area contributed by atoms with Gasteiger partial charge in [0.25, 0.3) is 0 Å². The minimum Gasteiger partial charge on any atom is -0.428 e. The fourth-order valence-corrected chi connectivity index (χ4v) is 5.33. The van der Waals surface area contributed by atoms with Crippen molar-refractivity contribution in [3.8, 4) is 0 Å². The van der Waals surface area contributed by atoms with E-state index in [4.69, 9.17) is 13.9 Å². The van der Waals surface area contributed by atoms with E-state index in [9.17, 15) is 19.5 Å². The number of ether oxygens (including phenoxy) is 2. The number of nitrogens with zero attached hydrogens (tertiary/aromatic N) is 1. The number of aliphatic hydroxyl groups is 3. The monoisotopic (exact) mass is 491 g/mol. The Hall–Kier alpha value is -1.88. The molecular weight excluding hydrogens is 458 g/mol. The molecule has 0 amide bonds. The number of aliphatic hydroxyl groups excluding tert-OH is 3. The van der Waals surface area contributed by atoms with E-state index in [-0.39, 0.29) is 29.1 Å². The number of epoxide rings is 1. The quantitative estimate of drug-likeness (QED) is 0.457. The van der Waals surface area contributed by atoms with Crippen molar-refractivity contribution in [1.82, 2.24) is 4.98 Å². The number of benzene rings is 1. The van der Waals surface area contributed by atoms with Crippen LogP contribution in [0, 0.1) is 11.8 Å². The normalized spacial score (nSPS) is 32.2. The molecule has 2 aliphatic heterocycles. The van der Waals surface area contributed by atoms with E-state index in [0.717, 1.165) is 5.57 Å². The van der Waals surface area contributed by atoms with Gasteiger partial charge < -0.3 is 29.2 Å². The average Bonchev–Trinajstić information content (AvgIpc) is 3.44. The summed E-state index contributed by atoms with van der Waals surface area (Å²) in [5.41, 5.74) is 0.852. The van der Waals surface area contributed by atoms with E-state index in [0.29, 0.717) is 30.2 Å². The summed E-state index contributed by atoms with van der Waals surface area (Å²) in [5.74, 6) is 0.122. The number of hydrogen-bond acceptors (Lipinski definition) is 8. The predicted octanol–water partition coefficient (Wildman–Crippen LogP) is 2.55. The van der Waals surface area contributed by atoms with Gasteiger partial charge in [-0.2, -0.15) is 0 Å². The van der Waals surface area contributed by atoms with Crippen molar-refractivity contribution in [2.45, 2.75) is 80.2 Å². The molecule has 3 N–H and O–H groups in total. The van der Waals surface area contributed by atoms with Gasteiger partial charge in [-0.3, -0.25) is 0 Å². The van der Waals surface area contributed by atoms with Gasteiger partial charge in [0.2, 0.25) is 11.0 Å². The Morgan fingerprint density at radius 1 is 1.21 bits per heavy atom. The third-order valence-electron chi connectivity index (χ3n) is 6.71. The lowest BCUT2D eigenvalue weighted by Crippen LogP contribution is -2.50. The van der Waals surface area contributed by atoms with Crippen LogP contribution in [0.25, 0.3) is 6.08 Å². The summed E-state index contributed by atoms with van der Waals surface area (Å²) >= 11 is 0. The second kappa shape index (κ2) is 10.8. The predicted molar refractivity (Wildman–Crippen MR) is 125 cm³/mol. The molecule has 1 aromatic carbocycles. The molecule has 9 atom stereocenters. The summed E-state index contributed by atoms with van der Waals surface area (Å²) in [5, 5.41) is 31.3. The van der Waals surface area contributed by atoms with Crippen LogP contribution in [0.5, 0.6) is 0 Å². The number of oxazole rings is 1. The fourth-order valence-electron chi connectivity index (χ4n) is 4.38. The van der Waals surface area contributed by atoms with Crippen LogP contribution >= 0.6 is 0 Å². The van der Waals surface area contributed by atoms with Crippen LogP contribution in [0.1, 0.15) is 39.5 Å². The average molecular weight is 492 g/mol. The molecule has 2 fully saturated rings. The molecular formula is C25H33NO7S. The molecule has 0 saturated carbocycles. The first-order valence-electron chi connectivity index (χ1n) is 11.7. The number of rotatable bonds is 9. The second-order valence-electron chi connectivity index (χ2n) is 9.38. The molecule has 1 unspecified atom stereocenters. The van der Waals surface area contributed by atoms with Gasteiger partial charge in [0.15, 0.2) is 0 Å². The highest BCUT2D eigenvalue weighted by Crippen LogP contribution is 2.38. The lowest BCUT2D eigenvalue weighted by atomic mass is 9.85. The van der Waals surface area contributed by atoms with Gasteiger partial charge in [-0.15, -0.1) is 0 Å². The minimum atomic E-state index is -1.45. The lowest BCUT2D eigenvalue weighted by Gasteiger charge is -2.38.